The second-order valence-corrected chi connectivity index (χ2v) is 10.0. The molecule has 0 atom stereocenters. The molecule has 11 heteroatoms. The van der Waals surface area contributed by atoms with Crippen molar-refractivity contribution < 1.29 is 14.3 Å². The first-order chi connectivity index (χ1) is 19.4. The number of benzene rings is 3. The fourth-order valence-electron chi connectivity index (χ4n) is 4.76. The third-order valence-electron chi connectivity index (χ3n) is 7.04. The highest BCUT2D eigenvalue weighted by Gasteiger charge is 2.22. The van der Waals surface area contributed by atoms with E-state index in [0.717, 1.165) is 38.4 Å². The fourth-order valence-corrected chi connectivity index (χ4v) is 5.36. The summed E-state index contributed by atoms with van der Waals surface area (Å²) < 4.78 is 10.6. The molecular formula is C29H30Cl2N6O3. The van der Waals surface area contributed by atoms with Crippen LogP contribution in [0.15, 0.2) is 54.9 Å². The first kappa shape index (κ1) is 27.8. The van der Waals surface area contributed by atoms with E-state index in [1.807, 2.05) is 18.2 Å². The molecule has 2 heterocycles. The molecule has 9 nitrogen and oxygen atoms in total. The number of likely N-dealkylation sites (N-methyl/N-ethyl adjacent to an activating group) is 1. The zero-order valence-electron chi connectivity index (χ0n) is 22.5. The van der Waals surface area contributed by atoms with E-state index in [4.69, 9.17) is 32.7 Å². The summed E-state index contributed by atoms with van der Waals surface area (Å²) in [7, 11) is 2.94. The molecule has 5 rings (SSSR count). The van der Waals surface area contributed by atoms with Gasteiger partial charge in [-0.25, -0.2) is 9.97 Å². The molecule has 1 aliphatic rings. The van der Waals surface area contributed by atoms with Crippen LogP contribution in [-0.4, -0.2) is 67.7 Å². The number of nitrogens with zero attached hydrogens (tertiary/aromatic N) is 4. The Balaban J connectivity index is 1.38. The van der Waals surface area contributed by atoms with Crippen molar-refractivity contribution in [1.29, 1.82) is 0 Å². The lowest BCUT2D eigenvalue weighted by molar-refractivity contribution is 0.102. The number of ether oxygens (including phenoxy) is 2. The number of carbonyl (C=O) groups excluding carboxylic acids is 1. The van der Waals surface area contributed by atoms with Crippen molar-refractivity contribution in [2.24, 2.45) is 0 Å². The Morgan fingerprint density at radius 2 is 1.62 bits per heavy atom. The number of amides is 1. The summed E-state index contributed by atoms with van der Waals surface area (Å²) in [6.07, 6.45) is 1.43. The number of nitrogens with one attached hydrogen (secondary N) is 2. The molecule has 0 radical (unpaired) electrons. The number of aromatic nitrogens is 2. The number of anilines is 4. The molecule has 1 fully saturated rings. The Bertz CT molecular complexity index is 1500. The third-order valence-corrected chi connectivity index (χ3v) is 7.79. The lowest BCUT2D eigenvalue weighted by Crippen LogP contribution is -2.46. The number of rotatable bonds is 8. The van der Waals surface area contributed by atoms with E-state index in [1.54, 1.807) is 18.2 Å². The maximum atomic E-state index is 13.4. The van der Waals surface area contributed by atoms with Gasteiger partial charge in [0.2, 0.25) is 0 Å². The molecule has 1 saturated heterocycles. The molecule has 4 aromatic rings. The van der Waals surface area contributed by atoms with Crippen LogP contribution >= 0.6 is 23.2 Å². The number of piperazine rings is 1. The maximum absolute atomic E-state index is 13.4. The summed E-state index contributed by atoms with van der Waals surface area (Å²) in [5, 5.41) is 7.18. The van der Waals surface area contributed by atoms with Crippen LogP contribution < -0.4 is 25.0 Å². The molecule has 0 saturated carbocycles. The minimum atomic E-state index is -0.443. The zero-order chi connectivity index (χ0) is 28.2. The van der Waals surface area contributed by atoms with Crippen LogP contribution in [0.1, 0.15) is 17.3 Å². The molecular weight excluding hydrogens is 551 g/mol. The monoisotopic (exact) mass is 580 g/mol. The molecule has 1 aromatic heterocycles. The Morgan fingerprint density at radius 1 is 0.950 bits per heavy atom. The highest BCUT2D eigenvalue weighted by molar-refractivity contribution is 6.42. The second kappa shape index (κ2) is 12.2. The van der Waals surface area contributed by atoms with Crippen LogP contribution in [0.3, 0.4) is 0 Å². The maximum Gasteiger partial charge on any atom is 0.257 e. The van der Waals surface area contributed by atoms with Gasteiger partial charge in [0.05, 0.1) is 31.0 Å². The molecule has 0 aliphatic carbocycles. The quantitative estimate of drug-likeness (QED) is 0.258. The van der Waals surface area contributed by atoms with E-state index >= 15 is 0 Å². The summed E-state index contributed by atoms with van der Waals surface area (Å²) in [4.78, 5) is 27.1. The molecule has 0 bridgehead atoms. The van der Waals surface area contributed by atoms with Crippen LogP contribution in [0, 0.1) is 0 Å². The van der Waals surface area contributed by atoms with Crippen molar-refractivity contribution in [3.8, 4) is 11.5 Å². The summed E-state index contributed by atoms with van der Waals surface area (Å²) in [6.45, 7) is 7.46. The van der Waals surface area contributed by atoms with Gasteiger partial charge < -0.3 is 29.9 Å². The van der Waals surface area contributed by atoms with Gasteiger partial charge in [0.1, 0.15) is 33.7 Å². The molecule has 1 aliphatic heterocycles. The number of halogens is 2. The van der Waals surface area contributed by atoms with Crippen LogP contribution in [-0.2, 0) is 0 Å². The summed E-state index contributed by atoms with van der Waals surface area (Å²) in [6, 6.07) is 15.2. The van der Waals surface area contributed by atoms with Gasteiger partial charge >= 0.3 is 0 Å². The highest BCUT2D eigenvalue weighted by Crippen LogP contribution is 2.44. The zero-order valence-corrected chi connectivity index (χ0v) is 24.0. The van der Waals surface area contributed by atoms with E-state index in [0.29, 0.717) is 33.8 Å². The van der Waals surface area contributed by atoms with Gasteiger partial charge in [0.15, 0.2) is 0 Å². The smallest absolute Gasteiger partial charge is 0.257 e. The van der Waals surface area contributed by atoms with Crippen LogP contribution in [0.5, 0.6) is 11.5 Å². The van der Waals surface area contributed by atoms with Gasteiger partial charge in [0, 0.05) is 49.0 Å². The van der Waals surface area contributed by atoms with E-state index < -0.39 is 5.91 Å². The summed E-state index contributed by atoms with van der Waals surface area (Å²) in [5.74, 6) is 0.781. The Kier molecular flexibility index (Phi) is 8.44. The number of hydrogen-bond donors (Lipinski definition) is 2. The van der Waals surface area contributed by atoms with Gasteiger partial charge in [-0.2, -0.15) is 0 Å². The summed E-state index contributed by atoms with van der Waals surface area (Å²) >= 11 is 12.9. The lowest BCUT2D eigenvalue weighted by Gasteiger charge is -2.35. The highest BCUT2D eigenvalue weighted by atomic mass is 35.5. The van der Waals surface area contributed by atoms with Crippen molar-refractivity contribution >= 4 is 62.9 Å². The SMILES string of the molecule is CCN1CCN(c2ccc(Nc3ncnc4c(C(=O)Nc5c(Cl)c(OC)cc(OC)c5Cl)cccc34)cc2)CC1. The number of para-hydroxylation sites is 1. The van der Waals surface area contributed by atoms with Gasteiger partial charge in [-0.1, -0.05) is 36.2 Å². The van der Waals surface area contributed by atoms with Crippen LogP contribution in [0.4, 0.5) is 22.9 Å². The Morgan fingerprint density at radius 3 is 2.25 bits per heavy atom. The van der Waals surface area contributed by atoms with E-state index in [2.05, 4.69) is 49.5 Å². The first-order valence-electron chi connectivity index (χ1n) is 12.9. The van der Waals surface area contributed by atoms with Crippen molar-refractivity contribution in [3.05, 3.63) is 70.5 Å². The topological polar surface area (TPSA) is 91.9 Å². The van der Waals surface area contributed by atoms with Crippen LogP contribution in [0.25, 0.3) is 10.9 Å². The average Bonchev–Trinajstić information content (AvgIpc) is 2.99. The molecule has 208 valence electrons. The van der Waals surface area contributed by atoms with Crippen molar-refractivity contribution in [2.45, 2.75) is 6.92 Å². The van der Waals surface area contributed by atoms with Crippen molar-refractivity contribution in [1.82, 2.24) is 14.9 Å². The third kappa shape index (κ3) is 5.58. The molecule has 0 spiro atoms. The van der Waals surface area contributed by atoms with Crippen molar-refractivity contribution in [3.63, 3.8) is 0 Å². The molecule has 2 N–H and O–H groups in total. The summed E-state index contributed by atoms with van der Waals surface area (Å²) in [5.41, 5.74) is 3.07. The number of hydrogen-bond acceptors (Lipinski definition) is 8. The standard InChI is InChI=1S/C29H30Cl2N6O3/c1-4-36-12-14-37(15-13-36)19-10-8-18(9-11-19)34-28-20-6-5-7-21(26(20)32-17-33-28)29(38)35-27-24(30)22(39-2)16-23(40-3)25(27)31/h5-11,16-17H,4,12-15H2,1-3H3,(H,35,38)(H,32,33,34). The number of methoxy groups -OCH3 is 2. The molecule has 3 aromatic carbocycles. The normalized spacial score (nSPS) is 13.8. The predicted octanol–water partition coefficient (Wildman–Crippen LogP) is 6.09. The molecule has 0 unspecified atom stereocenters. The minimum absolute atomic E-state index is 0.162. The van der Waals surface area contributed by atoms with Gasteiger partial charge in [-0.3, -0.25) is 4.79 Å². The van der Waals surface area contributed by atoms with Crippen molar-refractivity contribution in [2.75, 3.05) is 62.5 Å². The largest absolute Gasteiger partial charge is 0.495 e. The number of carbonyl (C=O) groups is 1. The fraction of sp³-hybridized carbons (Fsp3) is 0.276. The first-order valence-corrected chi connectivity index (χ1v) is 13.7. The van der Waals surface area contributed by atoms with E-state index in [9.17, 15) is 4.79 Å². The van der Waals surface area contributed by atoms with Gasteiger partial charge in [0.25, 0.3) is 5.91 Å². The van der Waals surface area contributed by atoms with E-state index in [-0.39, 0.29) is 15.7 Å². The average molecular weight is 582 g/mol. The molecule has 1 amide bonds. The number of fused-ring (bicyclic) bond motifs is 1. The van der Waals surface area contributed by atoms with Gasteiger partial charge in [-0.05, 0) is 42.9 Å². The van der Waals surface area contributed by atoms with Crippen LogP contribution in [0.2, 0.25) is 10.0 Å². The molecule has 40 heavy (non-hydrogen) atoms. The minimum Gasteiger partial charge on any atom is -0.495 e. The Hall–Kier alpha value is -3.79. The predicted molar refractivity (Wildman–Crippen MR) is 161 cm³/mol. The van der Waals surface area contributed by atoms with Gasteiger partial charge in [-0.15, -0.1) is 0 Å². The lowest BCUT2D eigenvalue weighted by atomic mass is 10.1. The second-order valence-electron chi connectivity index (χ2n) is 9.26. The van der Waals surface area contributed by atoms with E-state index in [1.165, 1.54) is 26.2 Å². The Labute approximate surface area is 243 Å².